The van der Waals surface area contributed by atoms with Gasteiger partial charge in [0.2, 0.25) is 0 Å². The van der Waals surface area contributed by atoms with Crippen molar-refractivity contribution < 1.29 is 12.8 Å². The molecule has 1 rings (SSSR count). The summed E-state index contributed by atoms with van der Waals surface area (Å²) in [5.41, 5.74) is 0.567. The first-order valence-electron chi connectivity index (χ1n) is 8.52. The minimum Gasteiger partial charge on any atom is -0.357 e. The molecule has 142 valence electrons. The SMILES string of the molecule is CCNC(=NCC(C)(C)c1cccc(F)c1)NC(C)CCS(C)(=O)=O. The van der Waals surface area contributed by atoms with Gasteiger partial charge in [-0.05, 0) is 38.0 Å². The van der Waals surface area contributed by atoms with E-state index in [1.807, 2.05) is 33.8 Å². The number of aliphatic imine (C=N–C) groups is 1. The van der Waals surface area contributed by atoms with Crippen LogP contribution in [0.15, 0.2) is 29.3 Å². The number of nitrogens with zero attached hydrogens (tertiary/aromatic N) is 1. The van der Waals surface area contributed by atoms with Crippen LogP contribution >= 0.6 is 0 Å². The summed E-state index contributed by atoms with van der Waals surface area (Å²) in [6.45, 7) is 9.10. The van der Waals surface area contributed by atoms with Crippen LogP contribution in [0.4, 0.5) is 4.39 Å². The van der Waals surface area contributed by atoms with Crippen LogP contribution < -0.4 is 10.6 Å². The zero-order valence-electron chi connectivity index (χ0n) is 15.8. The highest BCUT2D eigenvalue weighted by molar-refractivity contribution is 7.90. The molecular weight excluding hydrogens is 341 g/mol. The smallest absolute Gasteiger partial charge is 0.191 e. The number of hydrogen-bond acceptors (Lipinski definition) is 3. The first kappa shape index (κ1) is 21.4. The van der Waals surface area contributed by atoms with Crippen molar-refractivity contribution >= 4 is 15.8 Å². The molecule has 0 bridgehead atoms. The monoisotopic (exact) mass is 371 g/mol. The Kier molecular flexibility index (Phi) is 7.86. The number of nitrogens with one attached hydrogen (secondary N) is 2. The molecule has 0 fully saturated rings. The second kappa shape index (κ2) is 9.17. The average molecular weight is 372 g/mol. The summed E-state index contributed by atoms with van der Waals surface area (Å²) >= 11 is 0. The van der Waals surface area contributed by atoms with Crippen LogP contribution in [-0.4, -0.2) is 45.5 Å². The fourth-order valence-corrected chi connectivity index (χ4v) is 3.08. The maximum Gasteiger partial charge on any atom is 0.191 e. The van der Waals surface area contributed by atoms with Crippen LogP contribution in [-0.2, 0) is 15.3 Å². The molecule has 1 unspecified atom stereocenters. The van der Waals surface area contributed by atoms with Crippen molar-refractivity contribution in [2.45, 2.75) is 45.6 Å². The van der Waals surface area contributed by atoms with Gasteiger partial charge in [-0.2, -0.15) is 0 Å². The highest BCUT2D eigenvalue weighted by Crippen LogP contribution is 2.24. The lowest BCUT2D eigenvalue weighted by Crippen LogP contribution is -2.43. The maximum absolute atomic E-state index is 13.5. The predicted molar refractivity (Wildman–Crippen MR) is 102 cm³/mol. The number of hydrogen-bond donors (Lipinski definition) is 2. The molecule has 0 saturated heterocycles. The zero-order valence-corrected chi connectivity index (χ0v) is 16.6. The quantitative estimate of drug-likeness (QED) is 0.544. The fraction of sp³-hybridized carbons (Fsp3) is 0.611. The first-order valence-corrected chi connectivity index (χ1v) is 10.6. The van der Waals surface area contributed by atoms with E-state index in [4.69, 9.17) is 0 Å². The third-order valence-corrected chi connectivity index (χ3v) is 4.86. The predicted octanol–water partition coefficient (Wildman–Crippen LogP) is 2.48. The molecular formula is C18H30FN3O2S. The van der Waals surface area contributed by atoms with E-state index < -0.39 is 9.84 Å². The molecule has 5 nitrogen and oxygen atoms in total. The molecule has 0 spiro atoms. The molecule has 2 N–H and O–H groups in total. The fourth-order valence-electron chi connectivity index (χ4n) is 2.29. The lowest BCUT2D eigenvalue weighted by Gasteiger charge is -2.24. The van der Waals surface area contributed by atoms with E-state index in [9.17, 15) is 12.8 Å². The van der Waals surface area contributed by atoms with Gasteiger partial charge in [-0.3, -0.25) is 4.99 Å². The van der Waals surface area contributed by atoms with Crippen LogP contribution in [0.2, 0.25) is 0 Å². The van der Waals surface area contributed by atoms with Crippen molar-refractivity contribution in [1.82, 2.24) is 10.6 Å². The summed E-state index contributed by atoms with van der Waals surface area (Å²) in [6.07, 6.45) is 1.75. The second-order valence-electron chi connectivity index (χ2n) is 7.05. The number of halogens is 1. The van der Waals surface area contributed by atoms with Crippen LogP contribution in [0.5, 0.6) is 0 Å². The Morgan fingerprint density at radius 3 is 2.60 bits per heavy atom. The topological polar surface area (TPSA) is 70.6 Å². The van der Waals surface area contributed by atoms with E-state index in [-0.39, 0.29) is 23.0 Å². The molecule has 0 amide bonds. The molecule has 1 aromatic rings. The van der Waals surface area contributed by atoms with Crippen molar-refractivity contribution in [1.29, 1.82) is 0 Å². The Hall–Kier alpha value is -1.63. The molecule has 0 aliphatic heterocycles. The molecule has 0 aliphatic rings. The van der Waals surface area contributed by atoms with Gasteiger partial charge in [-0.15, -0.1) is 0 Å². The number of sulfone groups is 1. The van der Waals surface area contributed by atoms with E-state index in [0.717, 1.165) is 5.56 Å². The summed E-state index contributed by atoms with van der Waals surface area (Å²) in [5.74, 6) is 0.511. The minimum atomic E-state index is -2.98. The number of guanidine groups is 1. The van der Waals surface area contributed by atoms with Crippen LogP contribution in [0.25, 0.3) is 0 Å². The van der Waals surface area contributed by atoms with Crippen LogP contribution in [0, 0.1) is 5.82 Å². The zero-order chi connectivity index (χ0) is 19.1. The van der Waals surface area contributed by atoms with E-state index >= 15 is 0 Å². The van der Waals surface area contributed by atoms with E-state index in [1.165, 1.54) is 18.4 Å². The van der Waals surface area contributed by atoms with E-state index in [1.54, 1.807) is 6.07 Å². The minimum absolute atomic E-state index is 0.0233. The molecule has 1 aromatic carbocycles. The molecule has 0 aliphatic carbocycles. The normalized spacial score (nSPS) is 14.2. The molecule has 1 atom stereocenters. The molecule has 0 aromatic heterocycles. The van der Waals surface area contributed by atoms with Crippen molar-refractivity contribution in [2.24, 2.45) is 4.99 Å². The van der Waals surface area contributed by atoms with Gasteiger partial charge in [0.15, 0.2) is 5.96 Å². The standard InChI is InChI=1S/C18H30FN3O2S/c1-6-20-17(22-14(2)10-11-25(5,23)24)21-13-18(3,4)15-8-7-9-16(19)12-15/h7-9,12,14H,6,10-11,13H2,1-5H3,(H2,20,21,22). The molecule has 0 heterocycles. The first-order chi connectivity index (χ1) is 11.5. The Labute approximate surface area is 151 Å². The van der Waals surface area contributed by atoms with Crippen molar-refractivity contribution in [2.75, 3.05) is 25.1 Å². The van der Waals surface area contributed by atoms with Gasteiger partial charge < -0.3 is 10.6 Å². The third-order valence-electron chi connectivity index (χ3n) is 3.89. The molecule has 0 saturated carbocycles. The Balaban J connectivity index is 2.77. The van der Waals surface area contributed by atoms with Gasteiger partial charge in [0.05, 0.1) is 12.3 Å². The van der Waals surface area contributed by atoms with Gasteiger partial charge in [0, 0.05) is 24.3 Å². The van der Waals surface area contributed by atoms with E-state index in [2.05, 4.69) is 15.6 Å². The summed E-state index contributed by atoms with van der Waals surface area (Å²) in [5, 5.41) is 6.39. The van der Waals surface area contributed by atoms with Crippen molar-refractivity contribution in [3.05, 3.63) is 35.6 Å². The Morgan fingerprint density at radius 2 is 2.04 bits per heavy atom. The van der Waals surface area contributed by atoms with Gasteiger partial charge in [-0.25, -0.2) is 12.8 Å². The maximum atomic E-state index is 13.5. The summed E-state index contributed by atoms with van der Waals surface area (Å²) in [4.78, 5) is 4.60. The Bertz CT molecular complexity index is 687. The molecule has 25 heavy (non-hydrogen) atoms. The van der Waals surface area contributed by atoms with Crippen molar-refractivity contribution in [3.63, 3.8) is 0 Å². The van der Waals surface area contributed by atoms with Gasteiger partial charge >= 0.3 is 0 Å². The lowest BCUT2D eigenvalue weighted by atomic mass is 9.85. The van der Waals surface area contributed by atoms with E-state index in [0.29, 0.717) is 25.5 Å². The van der Waals surface area contributed by atoms with Gasteiger partial charge in [-0.1, -0.05) is 26.0 Å². The summed E-state index contributed by atoms with van der Waals surface area (Å²) in [6, 6.07) is 6.54. The summed E-state index contributed by atoms with van der Waals surface area (Å²) < 4.78 is 36.0. The Morgan fingerprint density at radius 1 is 1.36 bits per heavy atom. The lowest BCUT2D eigenvalue weighted by molar-refractivity contribution is 0.526. The van der Waals surface area contributed by atoms with Crippen LogP contribution in [0.3, 0.4) is 0 Å². The summed E-state index contributed by atoms with van der Waals surface area (Å²) in [7, 11) is -2.98. The number of benzene rings is 1. The van der Waals surface area contributed by atoms with Gasteiger partial charge in [0.1, 0.15) is 15.7 Å². The number of rotatable bonds is 8. The average Bonchev–Trinajstić information content (AvgIpc) is 2.50. The molecule has 0 radical (unpaired) electrons. The van der Waals surface area contributed by atoms with Crippen molar-refractivity contribution in [3.8, 4) is 0 Å². The highest BCUT2D eigenvalue weighted by Gasteiger charge is 2.21. The highest BCUT2D eigenvalue weighted by atomic mass is 32.2. The van der Waals surface area contributed by atoms with Gasteiger partial charge in [0.25, 0.3) is 0 Å². The largest absolute Gasteiger partial charge is 0.357 e. The molecule has 7 heteroatoms. The third kappa shape index (κ3) is 8.34. The second-order valence-corrected chi connectivity index (χ2v) is 9.31. The van der Waals surface area contributed by atoms with Crippen LogP contribution in [0.1, 0.15) is 39.7 Å².